The van der Waals surface area contributed by atoms with Crippen LogP contribution in [0.15, 0.2) is 24.3 Å². The minimum absolute atomic E-state index is 0.209. The fraction of sp³-hybridized carbons (Fsp3) is 0.600. The number of carboxylic acid groups (broad SMARTS) is 1. The number of aliphatic carboxylic acids is 1. The van der Waals surface area contributed by atoms with Gasteiger partial charge in [0.1, 0.15) is 5.75 Å². The van der Waals surface area contributed by atoms with Crippen molar-refractivity contribution in [1.29, 1.82) is 0 Å². The zero-order valence-corrected chi connectivity index (χ0v) is 17.0. The molecular weight excluding hydrogens is 389 g/mol. The zero-order chi connectivity index (χ0) is 22.0. The van der Waals surface area contributed by atoms with Crippen LogP contribution < -0.4 is 4.74 Å². The van der Waals surface area contributed by atoms with E-state index in [1.54, 1.807) is 7.11 Å². The highest BCUT2D eigenvalue weighted by Gasteiger charge is 2.38. The maximum atomic E-state index is 12.3. The Balaban J connectivity index is 0.000000516. The molecule has 1 heterocycles. The minimum Gasteiger partial charge on any atom is -0.497 e. The molecule has 1 aromatic carbocycles. The molecule has 0 saturated carbocycles. The van der Waals surface area contributed by atoms with Gasteiger partial charge in [-0.1, -0.05) is 19.1 Å². The molecule has 1 saturated heterocycles. The van der Waals surface area contributed by atoms with E-state index in [0.29, 0.717) is 13.0 Å². The molecule has 1 N–H and O–H groups in total. The maximum Gasteiger partial charge on any atom is 0.490 e. The lowest BCUT2D eigenvalue weighted by Gasteiger charge is -2.31. The van der Waals surface area contributed by atoms with Crippen LogP contribution in [0.4, 0.5) is 13.2 Å². The van der Waals surface area contributed by atoms with Crippen molar-refractivity contribution in [3.63, 3.8) is 0 Å². The van der Waals surface area contributed by atoms with E-state index in [9.17, 15) is 18.0 Å². The molecule has 1 amide bonds. The van der Waals surface area contributed by atoms with E-state index >= 15 is 0 Å². The van der Waals surface area contributed by atoms with E-state index in [1.165, 1.54) is 12.8 Å². The van der Waals surface area contributed by atoms with Gasteiger partial charge in [0.15, 0.2) is 0 Å². The lowest BCUT2D eigenvalue weighted by Crippen LogP contribution is -2.37. The average Bonchev–Trinajstić information content (AvgIpc) is 2.66. The summed E-state index contributed by atoms with van der Waals surface area (Å²) in [6, 6.07) is 7.89. The number of alkyl halides is 3. The summed E-state index contributed by atoms with van der Waals surface area (Å²) >= 11 is 0. The van der Waals surface area contributed by atoms with Crippen molar-refractivity contribution < 1.29 is 32.6 Å². The molecule has 6 nitrogen and oxygen atoms in total. The number of nitrogens with zero attached hydrogens (tertiary/aromatic N) is 2. The van der Waals surface area contributed by atoms with Crippen molar-refractivity contribution >= 4 is 11.9 Å². The van der Waals surface area contributed by atoms with Gasteiger partial charge >= 0.3 is 12.1 Å². The first kappa shape index (κ1) is 24.7. The van der Waals surface area contributed by atoms with Gasteiger partial charge < -0.3 is 19.6 Å². The van der Waals surface area contributed by atoms with Crippen molar-refractivity contribution in [2.75, 3.05) is 33.8 Å². The van der Waals surface area contributed by atoms with Crippen LogP contribution in [0.25, 0.3) is 0 Å². The molecule has 1 unspecified atom stereocenters. The van der Waals surface area contributed by atoms with Crippen molar-refractivity contribution in [3.05, 3.63) is 29.8 Å². The molecule has 1 fully saturated rings. The fourth-order valence-corrected chi connectivity index (χ4v) is 3.07. The maximum absolute atomic E-state index is 12.3. The quantitative estimate of drug-likeness (QED) is 0.767. The number of hydrogen-bond acceptors (Lipinski definition) is 4. The Bertz CT molecular complexity index is 667. The van der Waals surface area contributed by atoms with E-state index < -0.39 is 12.1 Å². The Labute approximate surface area is 169 Å². The van der Waals surface area contributed by atoms with Crippen molar-refractivity contribution in [3.8, 4) is 5.75 Å². The first-order chi connectivity index (χ1) is 13.5. The third kappa shape index (κ3) is 9.65. The molecule has 1 atom stereocenters. The Hall–Kier alpha value is -2.29. The summed E-state index contributed by atoms with van der Waals surface area (Å²) in [4.78, 5) is 25.4. The van der Waals surface area contributed by atoms with Gasteiger partial charge in [0.2, 0.25) is 5.91 Å². The van der Waals surface area contributed by atoms with Crippen LogP contribution in [0.1, 0.15) is 31.7 Å². The van der Waals surface area contributed by atoms with E-state index in [0.717, 1.165) is 36.9 Å². The second-order valence-electron chi connectivity index (χ2n) is 7.20. The molecule has 0 spiro atoms. The molecule has 29 heavy (non-hydrogen) atoms. The number of rotatable bonds is 6. The Morgan fingerprint density at radius 1 is 1.34 bits per heavy atom. The number of carboxylic acids is 1. The van der Waals surface area contributed by atoms with Gasteiger partial charge in [0.05, 0.1) is 7.11 Å². The number of likely N-dealkylation sites (tertiary alicyclic amines) is 1. The van der Waals surface area contributed by atoms with Crippen LogP contribution in [0.3, 0.4) is 0 Å². The van der Waals surface area contributed by atoms with E-state index in [-0.39, 0.29) is 5.91 Å². The molecule has 1 aliphatic heterocycles. The normalized spacial score (nSPS) is 17.1. The molecule has 9 heteroatoms. The Morgan fingerprint density at radius 3 is 2.55 bits per heavy atom. The third-order valence-corrected chi connectivity index (χ3v) is 4.61. The standard InChI is InChI=1S/C18H28N2O2.C2HF3O2/c1-15-6-5-10-20(13-15)11-9-18(21)19(2)14-16-7-4-8-17(12-16)22-3;3-2(4,5)1(6)7/h4,7-8,12,15H,5-6,9-11,13-14H2,1-3H3;(H,6,7). The van der Waals surface area contributed by atoms with Gasteiger partial charge in [-0.05, 0) is 43.0 Å². The van der Waals surface area contributed by atoms with Crippen molar-refractivity contribution in [2.45, 2.75) is 38.9 Å². The number of carbonyl (C=O) groups is 2. The molecule has 0 aliphatic carbocycles. The van der Waals surface area contributed by atoms with Crippen LogP contribution in [0.5, 0.6) is 5.75 Å². The topological polar surface area (TPSA) is 70.1 Å². The van der Waals surface area contributed by atoms with Crippen molar-refractivity contribution in [2.24, 2.45) is 5.92 Å². The minimum atomic E-state index is -5.08. The summed E-state index contributed by atoms with van der Waals surface area (Å²) in [5.41, 5.74) is 1.10. The molecule has 1 aliphatic rings. The van der Waals surface area contributed by atoms with Gasteiger partial charge in [-0.3, -0.25) is 4.79 Å². The second-order valence-corrected chi connectivity index (χ2v) is 7.20. The van der Waals surface area contributed by atoms with E-state index in [4.69, 9.17) is 14.6 Å². The van der Waals surface area contributed by atoms with Gasteiger partial charge in [-0.25, -0.2) is 4.79 Å². The largest absolute Gasteiger partial charge is 0.497 e. The average molecular weight is 418 g/mol. The van der Waals surface area contributed by atoms with Crippen LogP contribution in [-0.4, -0.2) is 66.8 Å². The summed E-state index contributed by atoms with van der Waals surface area (Å²) in [5, 5.41) is 7.12. The number of benzene rings is 1. The highest BCUT2D eigenvalue weighted by Crippen LogP contribution is 2.17. The number of carbonyl (C=O) groups excluding carboxylic acids is 1. The van der Waals surface area contributed by atoms with Crippen LogP contribution in [0, 0.1) is 5.92 Å². The lowest BCUT2D eigenvalue weighted by molar-refractivity contribution is -0.192. The molecular formula is C20H29F3N2O4. The molecule has 1 aromatic rings. The number of methoxy groups -OCH3 is 1. The summed E-state index contributed by atoms with van der Waals surface area (Å²) in [5.74, 6) is -0.951. The predicted octanol–water partition coefficient (Wildman–Crippen LogP) is 3.41. The number of amides is 1. The highest BCUT2D eigenvalue weighted by atomic mass is 19.4. The third-order valence-electron chi connectivity index (χ3n) is 4.61. The highest BCUT2D eigenvalue weighted by molar-refractivity contribution is 5.76. The van der Waals surface area contributed by atoms with Crippen LogP contribution in [-0.2, 0) is 16.1 Å². The number of hydrogen-bond donors (Lipinski definition) is 1. The number of ether oxygens (including phenoxy) is 1. The molecule has 164 valence electrons. The number of halogens is 3. The lowest BCUT2D eigenvalue weighted by atomic mass is 10.0. The SMILES string of the molecule is COc1cccc(CN(C)C(=O)CCN2CCCC(C)C2)c1.O=C(O)C(F)(F)F. The molecule has 2 rings (SSSR count). The summed E-state index contributed by atoms with van der Waals surface area (Å²) in [7, 11) is 3.54. The second kappa shape index (κ2) is 11.6. The van der Waals surface area contributed by atoms with Crippen LogP contribution in [0.2, 0.25) is 0 Å². The van der Waals surface area contributed by atoms with Gasteiger partial charge in [0, 0.05) is 33.1 Å². The fourth-order valence-electron chi connectivity index (χ4n) is 3.07. The van der Waals surface area contributed by atoms with Gasteiger partial charge in [-0.2, -0.15) is 13.2 Å². The summed E-state index contributed by atoms with van der Waals surface area (Å²) in [6.07, 6.45) is -1.90. The summed E-state index contributed by atoms with van der Waals surface area (Å²) in [6.45, 7) is 6.07. The zero-order valence-electron chi connectivity index (χ0n) is 17.0. The number of piperidine rings is 1. The van der Waals surface area contributed by atoms with Gasteiger partial charge in [0.25, 0.3) is 0 Å². The van der Waals surface area contributed by atoms with E-state index in [2.05, 4.69) is 11.8 Å². The monoisotopic (exact) mass is 418 g/mol. The van der Waals surface area contributed by atoms with Crippen molar-refractivity contribution in [1.82, 2.24) is 9.80 Å². The van der Waals surface area contributed by atoms with Gasteiger partial charge in [-0.15, -0.1) is 0 Å². The van der Waals surface area contributed by atoms with E-state index in [1.807, 2.05) is 36.2 Å². The first-order valence-corrected chi connectivity index (χ1v) is 9.42. The molecule has 0 bridgehead atoms. The Morgan fingerprint density at radius 2 is 2.00 bits per heavy atom. The summed E-state index contributed by atoms with van der Waals surface area (Å²) < 4.78 is 37.0. The predicted molar refractivity (Wildman–Crippen MR) is 103 cm³/mol. The smallest absolute Gasteiger partial charge is 0.490 e. The first-order valence-electron chi connectivity index (χ1n) is 9.42. The van der Waals surface area contributed by atoms with Crippen LogP contribution >= 0.6 is 0 Å². The molecule has 0 radical (unpaired) electrons. The molecule has 0 aromatic heterocycles. The Kier molecular flexibility index (Phi) is 9.94.